The van der Waals surface area contributed by atoms with Crippen LogP contribution in [0.4, 0.5) is 4.79 Å². The molecule has 1 atom stereocenters. The Hall–Kier alpha value is -0.620. The summed E-state index contributed by atoms with van der Waals surface area (Å²) in [5.41, 5.74) is -0.463. The highest BCUT2D eigenvalue weighted by Gasteiger charge is 2.24. The molecule has 0 radical (unpaired) electrons. The number of piperidine rings is 1. The van der Waals surface area contributed by atoms with E-state index in [1.807, 2.05) is 25.1 Å². The quantitative estimate of drug-likeness (QED) is 0.815. The molecule has 1 saturated heterocycles. The van der Waals surface area contributed by atoms with Crippen LogP contribution in [0.5, 0.6) is 0 Å². The highest BCUT2D eigenvalue weighted by atomic mass is 32.2. The first kappa shape index (κ1) is 14.4. The second-order valence-corrected chi connectivity index (χ2v) is 6.64. The lowest BCUT2D eigenvalue weighted by molar-refractivity contribution is 0.0490. The summed E-state index contributed by atoms with van der Waals surface area (Å²) in [6.07, 6.45) is 2.95. The Morgan fingerprint density at radius 3 is 2.29 bits per heavy atom. The molecule has 1 aliphatic heterocycles. The zero-order chi connectivity index (χ0) is 13.1. The van der Waals surface area contributed by atoms with E-state index in [-0.39, 0.29) is 12.1 Å². The lowest BCUT2D eigenvalue weighted by Crippen LogP contribution is -2.46. The van der Waals surface area contributed by atoms with Gasteiger partial charge in [-0.2, -0.15) is 0 Å². The van der Waals surface area contributed by atoms with Crippen LogP contribution < -0.4 is 5.32 Å². The topological polar surface area (TPSA) is 58.6 Å². The molecule has 0 saturated carbocycles. The zero-order valence-corrected chi connectivity index (χ0v) is 11.8. The molecule has 5 nitrogen and oxygen atoms in total. The van der Waals surface area contributed by atoms with Crippen molar-refractivity contribution in [3.63, 3.8) is 0 Å². The van der Waals surface area contributed by atoms with E-state index >= 15 is 0 Å². The van der Waals surface area contributed by atoms with Crippen molar-refractivity contribution in [2.75, 3.05) is 19.3 Å². The van der Waals surface area contributed by atoms with E-state index in [2.05, 4.69) is 5.32 Å². The average molecular weight is 262 g/mol. The van der Waals surface area contributed by atoms with Crippen LogP contribution in [0.25, 0.3) is 0 Å². The molecule has 1 N–H and O–H groups in total. The number of alkyl carbamates (subject to hydrolysis) is 1. The fraction of sp³-hybridized carbons (Fsp3) is 0.909. The average Bonchev–Trinajstić information content (AvgIpc) is 2.15. The Balaban J connectivity index is 2.31. The number of nitrogens with zero attached hydrogens (tertiary/aromatic N) is 1. The third-order valence-corrected chi connectivity index (χ3v) is 3.63. The number of hydrogen-bond acceptors (Lipinski definition) is 3. The van der Waals surface area contributed by atoms with Crippen LogP contribution in [0.1, 0.15) is 33.6 Å². The Morgan fingerprint density at radius 2 is 1.88 bits per heavy atom. The Bertz CT molecular complexity index is 294. The Labute approximate surface area is 105 Å². The highest BCUT2D eigenvalue weighted by Crippen LogP contribution is 2.13. The van der Waals surface area contributed by atoms with E-state index in [4.69, 9.17) is 4.74 Å². The molecule has 1 aliphatic rings. The van der Waals surface area contributed by atoms with Crippen molar-refractivity contribution >= 4 is 17.1 Å². The van der Waals surface area contributed by atoms with E-state index in [1.165, 1.54) is 0 Å². The molecule has 6 heteroatoms. The molecule has 0 bridgehead atoms. The van der Waals surface area contributed by atoms with E-state index in [9.17, 15) is 9.00 Å². The first-order valence-corrected chi connectivity index (χ1v) is 7.37. The van der Waals surface area contributed by atoms with Gasteiger partial charge in [-0.15, -0.1) is 0 Å². The Morgan fingerprint density at radius 1 is 1.35 bits per heavy atom. The van der Waals surface area contributed by atoms with Gasteiger partial charge in [-0.3, -0.25) is 0 Å². The van der Waals surface area contributed by atoms with Crippen molar-refractivity contribution in [1.29, 1.82) is 0 Å². The van der Waals surface area contributed by atoms with E-state index in [1.54, 1.807) is 6.26 Å². The van der Waals surface area contributed by atoms with Crippen LogP contribution in [0.15, 0.2) is 0 Å². The molecule has 17 heavy (non-hydrogen) atoms. The molecule has 0 aromatic rings. The van der Waals surface area contributed by atoms with E-state index in [0.717, 1.165) is 25.9 Å². The standard InChI is InChI=1S/C11H22N2O3S/c1-11(2,3)16-10(14)12-9-5-7-13(8-6-9)17(4)15/h9H,5-8H2,1-4H3,(H,12,14). The van der Waals surface area contributed by atoms with Crippen LogP contribution in [0.3, 0.4) is 0 Å². The van der Waals surface area contributed by atoms with Crippen LogP contribution in [0.2, 0.25) is 0 Å². The van der Waals surface area contributed by atoms with Crippen LogP contribution >= 0.6 is 0 Å². The van der Waals surface area contributed by atoms with Gasteiger partial charge < -0.3 is 10.1 Å². The third-order valence-electron chi connectivity index (χ3n) is 2.54. The first-order valence-electron chi connectivity index (χ1n) is 5.86. The van der Waals surface area contributed by atoms with Crippen molar-refractivity contribution in [3.05, 3.63) is 0 Å². The predicted molar refractivity (Wildman–Crippen MR) is 68.0 cm³/mol. The van der Waals surface area contributed by atoms with Crippen LogP contribution in [-0.2, 0) is 15.7 Å². The van der Waals surface area contributed by atoms with Crippen molar-refractivity contribution in [1.82, 2.24) is 9.62 Å². The summed E-state index contributed by atoms with van der Waals surface area (Å²) in [4.78, 5) is 11.5. The largest absolute Gasteiger partial charge is 0.444 e. The van der Waals surface area contributed by atoms with Crippen LogP contribution in [0, 0.1) is 0 Å². The molecule has 100 valence electrons. The van der Waals surface area contributed by atoms with Gasteiger partial charge in [-0.1, -0.05) is 0 Å². The molecule has 1 unspecified atom stereocenters. The molecule has 0 aromatic heterocycles. The van der Waals surface area contributed by atoms with Crippen LogP contribution in [-0.4, -0.2) is 45.6 Å². The smallest absolute Gasteiger partial charge is 0.407 e. The minimum atomic E-state index is -0.906. The molecule has 1 fully saturated rings. The van der Waals surface area contributed by atoms with Crippen molar-refractivity contribution in [3.8, 4) is 0 Å². The molecular formula is C11H22N2O3S. The fourth-order valence-corrected chi connectivity index (χ4v) is 2.46. The summed E-state index contributed by atoms with van der Waals surface area (Å²) >= 11 is 0. The maximum Gasteiger partial charge on any atom is 0.407 e. The summed E-state index contributed by atoms with van der Waals surface area (Å²) in [7, 11) is -0.906. The molecule has 0 aromatic carbocycles. The lowest BCUT2D eigenvalue weighted by atomic mass is 10.1. The SMILES string of the molecule is CS(=O)N1CCC(NC(=O)OC(C)(C)C)CC1. The summed E-state index contributed by atoms with van der Waals surface area (Å²) < 4.78 is 18.3. The van der Waals surface area contributed by atoms with Gasteiger partial charge in [-0.25, -0.2) is 13.3 Å². The summed E-state index contributed by atoms with van der Waals surface area (Å²) in [5, 5.41) is 2.85. The van der Waals surface area contributed by atoms with Gasteiger partial charge in [0.1, 0.15) is 5.60 Å². The zero-order valence-electron chi connectivity index (χ0n) is 11.0. The number of rotatable bonds is 2. The minimum Gasteiger partial charge on any atom is -0.444 e. The Kier molecular flexibility index (Phi) is 4.94. The van der Waals surface area contributed by atoms with Gasteiger partial charge in [-0.05, 0) is 33.6 Å². The molecule has 0 aliphatic carbocycles. The normalized spacial score (nSPS) is 20.9. The summed E-state index contributed by atoms with van der Waals surface area (Å²) in [6.45, 7) is 7.04. The number of carbonyl (C=O) groups excluding carboxylic acids is 1. The number of carbonyl (C=O) groups is 1. The number of nitrogens with one attached hydrogen (secondary N) is 1. The van der Waals surface area contributed by atoms with Crippen molar-refractivity contribution < 1.29 is 13.7 Å². The van der Waals surface area contributed by atoms with Crippen molar-refractivity contribution in [2.24, 2.45) is 0 Å². The van der Waals surface area contributed by atoms with Gasteiger partial charge in [0.2, 0.25) is 0 Å². The van der Waals surface area contributed by atoms with Gasteiger partial charge >= 0.3 is 6.09 Å². The number of ether oxygens (including phenoxy) is 1. The van der Waals surface area contributed by atoms with Gasteiger partial charge in [0.05, 0.1) is 11.0 Å². The second kappa shape index (κ2) is 5.82. The third kappa shape index (κ3) is 5.50. The molecular weight excluding hydrogens is 240 g/mol. The lowest BCUT2D eigenvalue weighted by Gasteiger charge is -2.31. The van der Waals surface area contributed by atoms with Gasteiger partial charge in [0, 0.05) is 25.4 Å². The summed E-state index contributed by atoms with van der Waals surface area (Å²) in [5.74, 6) is 0. The molecule has 0 spiro atoms. The fourth-order valence-electron chi connectivity index (χ4n) is 1.73. The maximum atomic E-state index is 11.5. The summed E-state index contributed by atoms with van der Waals surface area (Å²) in [6, 6.07) is 0.129. The van der Waals surface area contributed by atoms with Gasteiger partial charge in [0.15, 0.2) is 0 Å². The number of amides is 1. The van der Waals surface area contributed by atoms with E-state index in [0.29, 0.717) is 0 Å². The molecule has 1 heterocycles. The second-order valence-electron chi connectivity index (χ2n) is 5.27. The monoisotopic (exact) mass is 262 g/mol. The highest BCUT2D eigenvalue weighted by molar-refractivity contribution is 7.81. The number of hydrogen-bond donors (Lipinski definition) is 1. The van der Waals surface area contributed by atoms with E-state index < -0.39 is 16.6 Å². The van der Waals surface area contributed by atoms with Crippen molar-refractivity contribution in [2.45, 2.75) is 45.3 Å². The predicted octanol–water partition coefficient (Wildman–Crippen LogP) is 1.27. The molecule has 1 amide bonds. The maximum absolute atomic E-state index is 11.5. The molecule has 1 rings (SSSR count). The van der Waals surface area contributed by atoms with Gasteiger partial charge in [0.25, 0.3) is 0 Å². The minimum absolute atomic E-state index is 0.129. The first-order chi connectivity index (χ1) is 7.78.